The molecule has 2 aromatic heterocycles. The molecule has 2 amide bonds. The number of amides is 2. The number of benzene rings is 1. The van der Waals surface area contributed by atoms with Gasteiger partial charge in [-0.2, -0.15) is 5.10 Å². The molecule has 0 unspecified atom stereocenters. The predicted molar refractivity (Wildman–Crippen MR) is 109 cm³/mol. The molecule has 1 aromatic carbocycles. The van der Waals surface area contributed by atoms with Gasteiger partial charge in [-0.1, -0.05) is 18.2 Å². The molecule has 3 heterocycles. The number of carbonyl (C=O) groups excluding carboxylic acids is 2. The van der Waals surface area contributed by atoms with Gasteiger partial charge < -0.3 is 15.4 Å². The molecule has 0 saturated carbocycles. The fourth-order valence-electron chi connectivity index (χ4n) is 3.27. The van der Waals surface area contributed by atoms with Crippen LogP contribution in [0.4, 0.5) is 5.69 Å². The lowest BCUT2D eigenvalue weighted by Gasteiger charge is -2.26. The highest BCUT2D eigenvalue weighted by Crippen LogP contribution is 2.13. The van der Waals surface area contributed by atoms with Crippen LogP contribution in [0.25, 0.3) is 5.52 Å². The maximum absolute atomic E-state index is 12.3. The molecule has 0 radical (unpaired) electrons. The second-order valence-electron chi connectivity index (χ2n) is 6.92. The predicted octanol–water partition coefficient (Wildman–Crippen LogP) is 1.54. The zero-order valence-electron chi connectivity index (χ0n) is 16.0. The summed E-state index contributed by atoms with van der Waals surface area (Å²) in [5.74, 6) is -0.671. The van der Waals surface area contributed by atoms with E-state index in [0.717, 1.165) is 43.9 Å². The van der Waals surface area contributed by atoms with Gasteiger partial charge in [0.2, 0.25) is 5.91 Å². The summed E-state index contributed by atoms with van der Waals surface area (Å²) in [5.41, 5.74) is 2.93. The fraction of sp³-hybridized carbons (Fsp3) is 0.286. The average Bonchev–Trinajstić information content (AvgIpc) is 3.17. The van der Waals surface area contributed by atoms with Crippen LogP contribution in [0, 0.1) is 0 Å². The van der Waals surface area contributed by atoms with Crippen molar-refractivity contribution in [2.45, 2.75) is 6.54 Å². The number of nitrogens with zero attached hydrogens (tertiary/aromatic N) is 3. The molecule has 2 N–H and O–H groups in total. The Hall–Kier alpha value is -3.23. The highest BCUT2D eigenvalue weighted by Gasteiger charge is 2.13. The minimum Gasteiger partial charge on any atom is -0.379 e. The number of carbonyl (C=O) groups is 2. The second-order valence-corrected chi connectivity index (χ2v) is 6.92. The number of hydrogen-bond donors (Lipinski definition) is 2. The van der Waals surface area contributed by atoms with Gasteiger partial charge in [-0.05, 0) is 35.9 Å². The van der Waals surface area contributed by atoms with Crippen LogP contribution in [0.15, 0.2) is 54.7 Å². The smallest absolute Gasteiger partial charge is 0.272 e. The van der Waals surface area contributed by atoms with Gasteiger partial charge in [-0.3, -0.25) is 14.5 Å². The van der Waals surface area contributed by atoms with Crippen molar-refractivity contribution in [2.75, 3.05) is 38.2 Å². The van der Waals surface area contributed by atoms with Crippen LogP contribution in [-0.2, 0) is 16.1 Å². The largest absolute Gasteiger partial charge is 0.379 e. The van der Waals surface area contributed by atoms with Crippen molar-refractivity contribution in [1.29, 1.82) is 0 Å². The third-order valence-corrected chi connectivity index (χ3v) is 4.73. The lowest BCUT2D eigenvalue weighted by atomic mass is 10.2. The Morgan fingerprint density at radius 3 is 2.76 bits per heavy atom. The first kappa shape index (κ1) is 19.1. The second kappa shape index (κ2) is 8.85. The maximum atomic E-state index is 12.3. The van der Waals surface area contributed by atoms with Crippen molar-refractivity contribution >= 4 is 23.0 Å². The molecule has 8 heteroatoms. The molecule has 4 rings (SSSR count). The van der Waals surface area contributed by atoms with E-state index >= 15 is 0 Å². The number of pyridine rings is 1. The maximum Gasteiger partial charge on any atom is 0.272 e. The van der Waals surface area contributed by atoms with E-state index in [1.807, 2.05) is 42.5 Å². The molecule has 8 nitrogen and oxygen atoms in total. The number of morpholine rings is 1. The standard InChI is InChI=1S/C21H23N5O3/c27-20(14-22-21(28)19-13-18-6-1-2-7-26(18)24-19)23-17-5-3-4-16(12-17)15-25-8-10-29-11-9-25/h1-7,12-13H,8-11,14-15H2,(H,22,28)(H,23,27). The van der Waals surface area contributed by atoms with Crippen molar-refractivity contribution < 1.29 is 14.3 Å². The van der Waals surface area contributed by atoms with Crippen LogP contribution >= 0.6 is 0 Å². The van der Waals surface area contributed by atoms with Gasteiger partial charge >= 0.3 is 0 Å². The molecule has 150 valence electrons. The first-order valence-corrected chi connectivity index (χ1v) is 9.59. The van der Waals surface area contributed by atoms with Crippen LogP contribution in [0.1, 0.15) is 16.1 Å². The molecule has 0 aliphatic carbocycles. The Bertz CT molecular complexity index is 977. The quantitative estimate of drug-likeness (QED) is 0.663. The van der Waals surface area contributed by atoms with Gasteiger partial charge in [0.25, 0.3) is 5.91 Å². The Morgan fingerprint density at radius 1 is 1.07 bits per heavy atom. The SMILES string of the molecule is O=C(CNC(=O)c1cc2ccccn2n1)Nc1cccc(CN2CCOCC2)c1. The zero-order chi connectivity index (χ0) is 20.1. The van der Waals surface area contributed by atoms with E-state index in [-0.39, 0.29) is 24.1 Å². The Balaban J connectivity index is 1.30. The number of nitrogens with one attached hydrogen (secondary N) is 2. The summed E-state index contributed by atoms with van der Waals surface area (Å²) in [6.07, 6.45) is 1.77. The third kappa shape index (κ3) is 4.98. The number of rotatable bonds is 6. The highest BCUT2D eigenvalue weighted by atomic mass is 16.5. The van der Waals surface area contributed by atoms with Gasteiger partial charge in [0.15, 0.2) is 5.69 Å². The van der Waals surface area contributed by atoms with Gasteiger partial charge in [-0.15, -0.1) is 0 Å². The summed E-state index contributed by atoms with van der Waals surface area (Å²) in [6, 6.07) is 15.0. The van der Waals surface area contributed by atoms with E-state index < -0.39 is 0 Å². The summed E-state index contributed by atoms with van der Waals surface area (Å²) in [5, 5.41) is 9.64. The van der Waals surface area contributed by atoms with Crippen LogP contribution in [-0.4, -0.2) is 59.2 Å². The Morgan fingerprint density at radius 2 is 1.93 bits per heavy atom. The van der Waals surface area contributed by atoms with Gasteiger partial charge in [0.1, 0.15) is 0 Å². The monoisotopic (exact) mass is 393 g/mol. The van der Waals surface area contributed by atoms with E-state index in [1.165, 1.54) is 0 Å². The minimum atomic E-state index is -0.384. The van der Waals surface area contributed by atoms with Crippen molar-refractivity contribution in [3.63, 3.8) is 0 Å². The Kier molecular flexibility index (Phi) is 5.83. The van der Waals surface area contributed by atoms with Crippen LogP contribution < -0.4 is 10.6 Å². The van der Waals surface area contributed by atoms with Crippen molar-refractivity contribution in [3.8, 4) is 0 Å². The molecule has 0 bridgehead atoms. The lowest BCUT2D eigenvalue weighted by Crippen LogP contribution is -2.35. The molecule has 1 aliphatic heterocycles. The first-order chi connectivity index (χ1) is 14.2. The highest BCUT2D eigenvalue weighted by molar-refractivity contribution is 5.98. The van der Waals surface area contributed by atoms with E-state index in [0.29, 0.717) is 5.69 Å². The zero-order valence-corrected chi connectivity index (χ0v) is 16.0. The molecular weight excluding hydrogens is 370 g/mol. The van der Waals surface area contributed by atoms with Gasteiger partial charge in [-0.25, -0.2) is 4.52 Å². The van der Waals surface area contributed by atoms with Crippen molar-refractivity contribution in [3.05, 3.63) is 66.0 Å². The molecule has 29 heavy (non-hydrogen) atoms. The molecule has 1 fully saturated rings. The van der Waals surface area contributed by atoms with Gasteiger partial charge in [0.05, 0.1) is 25.3 Å². The number of fused-ring (bicyclic) bond motifs is 1. The molecule has 1 saturated heterocycles. The normalized spacial score (nSPS) is 14.6. The molecule has 0 spiro atoms. The minimum absolute atomic E-state index is 0.125. The summed E-state index contributed by atoms with van der Waals surface area (Å²) in [7, 11) is 0. The van der Waals surface area contributed by atoms with E-state index in [4.69, 9.17) is 4.74 Å². The molecule has 3 aromatic rings. The Labute approximate surface area is 168 Å². The summed E-state index contributed by atoms with van der Waals surface area (Å²) in [4.78, 5) is 26.8. The van der Waals surface area contributed by atoms with Gasteiger partial charge in [0, 0.05) is 31.5 Å². The average molecular weight is 393 g/mol. The number of ether oxygens (including phenoxy) is 1. The van der Waals surface area contributed by atoms with Crippen molar-refractivity contribution in [1.82, 2.24) is 19.8 Å². The topological polar surface area (TPSA) is 88.0 Å². The number of aromatic nitrogens is 2. The molecular formula is C21H23N5O3. The van der Waals surface area contributed by atoms with E-state index in [2.05, 4.69) is 20.6 Å². The van der Waals surface area contributed by atoms with Crippen LogP contribution in [0.2, 0.25) is 0 Å². The summed E-state index contributed by atoms with van der Waals surface area (Å²) < 4.78 is 6.99. The van der Waals surface area contributed by atoms with Crippen molar-refractivity contribution in [2.24, 2.45) is 0 Å². The van der Waals surface area contributed by atoms with Crippen LogP contribution in [0.3, 0.4) is 0 Å². The van der Waals surface area contributed by atoms with Crippen LogP contribution in [0.5, 0.6) is 0 Å². The first-order valence-electron chi connectivity index (χ1n) is 9.59. The fourth-order valence-corrected chi connectivity index (χ4v) is 3.27. The van der Waals surface area contributed by atoms with E-state index in [9.17, 15) is 9.59 Å². The molecule has 0 atom stereocenters. The third-order valence-electron chi connectivity index (χ3n) is 4.73. The molecule has 1 aliphatic rings. The number of hydrogen-bond acceptors (Lipinski definition) is 5. The number of anilines is 1. The summed E-state index contributed by atoms with van der Waals surface area (Å²) >= 11 is 0. The summed E-state index contributed by atoms with van der Waals surface area (Å²) in [6.45, 7) is 4.01. The van der Waals surface area contributed by atoms with E-state index in [1.54, 1.807) is 16.8 Å². The lowest BCUT2D eigenvalue weighted by molar-refractivity contribution is -0.115.